The second-order valence-corrected chi connectivity index (χ2v) is 6.81. The van der Waals surface area contributed by atoms with Crippen molar-refractivity contribution in [1.82, 2.24) is 4.90 Å². The Morgan fingerprint density at radius 1 is 1.24 bits per heavy atom. The lowest BCUT2D eigenvalue weighted by molar-refractivity contribution is 0.0435. The molecule has 2 aromatic rings. The van der Waals surface area contributed by atoms with E-state index >= 15 is 0 Å². The van der Waals surface area contributed by atoms with Crippen LogP contribution in [0.2, 0.25) is 5.02 Å². The van der Waals surface area contributed by atoms with Crippen LogP contribution < -0.4 is 10.6 Å². The van der Waals surface area contributed by atoms with Crippen molar-refractivity contribution in [2.75, 3.05) is 37.6 Å². The largest absolute Gasteiger partial charge is 0.466 e. The summed E-state index contributed by atoms with van der Waals surface area (Å²) in [6, 6.07) is 11.3. The molecule has 0 saturated carbocycles. The first-order chi connectivity index (χ1) is 12.0. The van der Waals surface area contributed by atoms with Crippen molar-refractivity contribution in [2.24, 2.45) is 10.7 Å². The van der Waals surface area contributed by atoms with Gasteiger partial charge >= 0.3 is 0 Å². The molecule has 0 radical (unpaired) electrons. The molecule has 1 saturated heterocycles. The lowest BCUT2D eigenvalue weighted by atomic mass is 10.0. The predicted molar refractivity (Wildman–Crippen MR) is 100 cm³/mol. The van der Waals surface area contributed by atoms with E-state index in [9.17, 15) is 5.11 Å². The van der Waals surface area contributed by atoms with E-state index in [1.165, 1.54) is 6.26 Å². The molecule has 0 amide bonds. The number of anilines is 1. The Kier molecular flexibility index (Phi) is 5.20. The van der Waals surface area contributed by atoms with Crippen LogP contribution in [-0.2, 0) is 5.60 Å². The quantitative estimate of drug-likeness (QED) is 0.644. The number of rotatable bonds is 4. The summed E-state index contributed by atoms with van der Waals surface area (Å²) in [6.07, 6.45) is 1.53. The normalized spacial score (nSPS) is 18.3. The van der Waals surface area contributed by atoms with E-state index in [0.29, 0.717) is 11.7 Å². The fraction of sp³-hybridized carbons (Fsp3) is 0.389. The first-order valence-electron chi connectivity index (χ1n) is 8.27. The Labute approximate surface area is 152 Å². The number of guanidine groups is 1. The maximum atomic E-state index is 10.4. The van der Waals surface area contributed by atoms with Crippen LogP contribution in [0.1, 0.15) is 12.7 Å². The number of hydrogen-bond donors (Lipinski definition) is 2. The van der Waals surface area contributed by atoms with Gasteiger partial charge in [0.1, 0.15) is 11.4 Å². The highest BCUT2D eigenvalue weighted by Gasteiger charge is 2.26. The Bertz CT molecular complexity index is 705. The number of benzene rings is 1. The lowest BCUT2D eigenvalue weighted by Gasteiger charge is -2.36. The molecule has 134 valence electrons. The number of furan rings is 1. The minimum absolute atomic E-state index is 0.156. The molecule has 1 atom stereocenters. The van der Waals surface area contributed by atoms with Crippen LogP contribution in [0.15, 0.2) is 52.1 Å². The monoisotopic (exact) mass is 362 g/mol. The van der Waals surface area contributed by atoms with E-state index in [-0.39, 0.29) is 6.54 Å². The second kappa shape index (κ2) is 7.37. The van der Waals surface area contributed by atoms with E-state index in [2.05, 4.69) is 9.89 Å². The van der Waals surface area contributed by atoms with E-state index in [4.69, 9.17) is 21.8 Å². The fourth-order valence-corrected chi connectivity index (χ4v) is 2.97. The zero-order valence-corrected chi connectivity index (χ0v) is 15.0. The Morgan fingerprint density at radius 2 is 1.92 bits per heavy atom. The fourth-order valence-electron chi connectivity index (χ4n) is 2.84. The summed E-state index contributed by atoms with van der Waals surface area (Å²) in [7, 11) is 0. The number of aliphatic hydroxyl groups is 1. The van der Waals surface area contributed by atoms with Gasteiger partial charge in [-0.2, -0.15) is 0 Å². The van der Waals surface area contributed by atoms with Crippen molar-refractivity contribution in [1.29, 1.82) is 0 Å². The van der Waals surface area contributed by atoms with Crippen molar-refractivity contribution in [3.8, 4) is 0 Å². The summed E-state index contributed by atoms with van der Waals surface area (Å²) >= 11 is 5.94. The van der Waals surface area contributed by atoms with Gasteiger partial charge in [-0.25, -0.2) is 4.99 Å². The predicted octanol–water partition coefficient (Wildman–Crippen LogP) is 2.28. The van der Waals surface area contributed by atoms with Crippen molar-refractivity contribution in [2.45, 2.75) is 12.5 Å². The van der Waals surface area contributed by atoms with Gasteiger partial charge in [-0.3, -0.25) is 0 Å². The van der Waals surface area contributed by atoms with E-state index < -0.39 is 5.60 Å². The SMILES string of the molecule is CC(O)(CN=C(N)N1CCN(c2ccc(Cl)cc2)CC1)c1ccco1. The number of hydrogen-bond acceptors (Lipinski definition) is 4. The standard InChI is InChI=1S/C18H23ClN4O2/c1-18(24,16-3-2-12-25-16)13-21-17(20)23-10-8-22(9-11-23)15-6-4-14(19)5-7-15/h2-7,12,24H,8-11,13H2,1H3,(H2,20,21). The maximum Gasteiger partial charge on any atom is 0.191 e. The highest BCUT2D eigenvalue weighted by molar-refractivity contribution is 6.30. The first kappa shape index (κ1) is 17.6. The summed E-state index contributed by atoms with van der Waals surface area (Å²) < 4.78 is 5.26. The molecule has 1 aliphatic heterocycles. The van der Waals surface area contributed by atoms with Crippen molar-refractivity contribution >= 4 is 23.2 Å². The molecular formula is C18H23ClN4O2. The van der Waals surface area contributed by atoms with Gasteiger partial charge in [-0.15, -0.1) is 0 Å². The number of nitrogens with two attached hydrogens (primary N) is 1. The minimum atomic E-state index is -1.17. The van der Waals surface area contributed by atoms with Crippen molar-refractivity contribution in [3.63, 3.8) is 0 Å². The zero-order chi connectivity index (χ0) is 17.9. The Morgan fingerprint density at radius 3 is 2.52 bits per heavy atom. The average Bonchev–Trinajstić information content (AvgIpc) is 3.16. The Balaban J connectivity index is 1.56. The van der Waals surface area contributed by atoms with Gasteiger partial charge in [0.25, 0.3) is 0 Å². The van der Waals surface area contributed by atoms with Crippen molar-refractivity contribution in [3.05, 3.63) is 53.4 Å². The molecule has 3 N–H and O–H groups in total. The van der Waals surface area contributed by atoms with E-state index in [1.807, 2.05) is 29.2 Å². The number of halogens is 1. The molecule has 1 aromatic heterocycles. The summed E-state index contributed by atoms with van der Waals surface area (Å²) in [6.45, 7) is 5.09. The highest BCUT2D eigenvalue weighted by Crippen LogP contribution is 2.22. The first-order valence-corrected chi connectivity index (χ1v) is 8.65. The molecule has 1 unspecified atom stereocenters. The van der Waals surface area contributed by atoms with Crippen LogP contribution in [0.3, 0.4) is 0 Å². The maximum absolute atomic E-state index is 10.4. The average molecular weight is 363 g/mol. The van der Waals surface area contributed by atoms with Crippen LogP contribution >= 0.6 is 11.6 Å². The third-order valence-electron chi connectivity index (χ3n) is 4.40. The number of aliphatic imine (C=N–C) groups is 1. The summed E-state index contributed by atoms with van der Waals surface area (Å²) in [5.74, 6) is 0.930. The van der Waals surface area contributed by atoms with Crippen molar-refractivity contribution < 1.29 is 9.52 Å². The molecule has 6 nitrogen and oxygen atoms in total. The van der Waals surface area contributed by atoms with Crippen LogP contribution in [-0.4, -0.2) is 48.7 Å². The molecule has 1 aromatic carbocycles. The minimum Gasteiger partial charge on any atom is -0.466 e. The Hall–Kier alpha value is -2.18. The molecule has 1 fully saturated rings. The molecule has 2 heterocycles. The smallest absolute Gasteiger partial charge is 0.191 e. The van der Waals surface area contributed by atoms with Crippen LogP contribution in [0.25, 0.3) is 0 Å². The molecule has 3 rings (SSSR count). The topological polar surface area (TPSA) is 78.2 Å². The van der Waals surface area contributed by atoms with Gasteiger partial charge in [0.15, 0.2) is 5.96 Å². The van der Waals surface area contributed by atoms with Gasteiger partial charge in [-0.1, -0.05) is 11.6 Å². The summed E-state index contributed by atoms with van der Waals surface area (Å²) in [5, 5.41) is 11.2. The van der Waals surface area contributed by atoms with Gasteiger partial charge in [0, 0.05) is 36.9 Å². The van der Waals surface area contributed by atoms with E-state index in [1.54, 1.807) is 19.1 Å². The highest BCUT2D eigenvalue weighted by atomic mass is 35.5. The molecule has 0 bridgehead atoms. The van der Waals surface area contributed by atoms with E-state index in [0.717, 1.165) is 36.9 Å². The lowest BCUT2D eigenvalue weighted by Crippen LogP contribution is -2.51. The molecular weight excluding hydrogens is 340 g/mol. The number of piperazine rings is 1. The molecule has 1 aliphatic rings. The molecule has 0 aliphatic carbocycles. The molecule has 25 heavy (non-hydrogen) atoms. The molecule has 7 heteroatoms. The van der Waals surface area contributed by atoms with Crippen LogP contribution in [0.5, 0.6) is 0 Å². The third-order valence-corrected chi connectivity index (χ3v) is 4.65. The third kappa shape index (κ3) is 4.27. The molecule has 0 spiro atoms. The van der Waals surface area contributed by atoms with Gasteiger partial charge in [0.2, 0.25) is 0 Å². The summed E-state index contributed by atoms with van der Waals surface area (Å²) in [5.41, 5.74) is 6.10. The van der Waals surface area contributed by atoms with Gasteiger partial charge in [0.05, 0.1) is 12.8 Å². The van der Waals surface area contributed by atoms with Gasteiger partial charge < -0.3 is 25.1 Å². The second-order valence-electron chi connectivity index (χ2n) is 6.38. The van der Waals surface area contributed by atoms with Crippen LogP contribution in [0.4, 0.5) is 5.69 Å². The summed E-state index contributed by atoms with van der Waals surface area (Å²) in [4.78, 5) is 8.68. The van der Waals surface area contributed by atoms with Crippen LogP contribution in [0, 0.1) is 0 Å². The number of nitrogens with zero attached hydrogens (tertiary/aromatic N) is 3. The van der Waals surface area contributed by atoms with Gasteiger partial charge in [-0.05, 0) is 43.3 Å². The zero-order valence-electron chi connectivity index (χ0n) is 14.2.